The summed E-state index contributed by atoms with van der Waals surface area (Å²) in [5, 5.41) is 36.5. The molecule has 5 rings (SSSR count). The molecule has 5 unspecified atom stereocenters. The van der Waals surface area contributed by atoms with E-state index in [1.807, 2.05) is 12.1 Å². The third kappa shape index (κ3) is 6.04. The largest absolute Gasteiger partial charge is 0.481 e. The number of carboxylic acid groups (broad SMARTS) is 2. The van der Waals surface area contributed by atoms with Gasteiger partial charge in [0.05, 0.1) is 15.8 Å². The van der Waals surface area contributed by atoms with Gasteiger partial charge in [-0.1, -0.05) is 72.8 Å². The van der Waals surface area contributed by atoms with Gasteiger partial charge < -0.3 is 20.4 Å². The summed E-state index contributed by atoms with van der Waals surface area (Å²) in [5.74, 6) is -3.23. The molecule has 10 heteroatoms. The molecule has 2 saturated heterocycles. The Kier molecular flexibility index (Phi) is 10.6. The van der Waals surface area contributed by atoms with Crippen LogP contribution in [0.2, 0.25) is 0 Å². The lowest BCUT2D eigenvalue weighted by molar-refractivity contribution is -0.385. The van der Waals surface area contributed by atoms with Gasteiger partial charge in [0, 0.05) is 35.5 Å². The van der Waals surface area contributed by atoms with E-state index in [1.54, 1.807) is 26.8 Å². The normalized spacial score (nSPS) is 27.7. The first-order valence-electron chi connectivity index (χ1n) is 15.8. The average Bonchev–Trinajstić information content (AvgIpc) is 3.04. The molecule has 0 aromatic heterocycles. The van der Waals surface area contributed by atoms with Crippen molar-refractivity contribution in [2.45, 2.75) is 69.9 Å². The van der Waals surface area contributed by atoms with E-state index in [1.165, 1.54) is 29.3 Å². The van der Waals surface area contributed by atoms with Gasteiger partial charge in [0.1, 0.15) is 0 Å². The molecule has 246 valence electrons. The number of carbonyl (C=O) groups is 2. The lowest BCUT2D eigenvalue weighted by Crippen LogP contribution is -2.68. The van der Waals surface area contributed by atoms with Crippen molar-refractivity contribution < 1.29 is 24.7 Å². The monoisotopic (exact) mass is 649 g/mol. The number of nitrogens with zero attached hydrogens (tertiary/aromatic N) is 2. The molecule has 3 aromatic carbocycles. The van der Waals surface area contributed by atoms with Gasteiger partial charge in [0.25, 0.3) is 5.69 Å². The molecule has 9 nitrogen and oxygen atoms in total. The topological polar surface area (TPSA) is 133 Å². The number of piperidine rings is 2. The highest BCUT2D eigenvalue weighted by Crippen LogP contribution is 2.57. The van der Waals surface area contributed by atoms with E-state index >= 15 is 0 Å². The second-order valence-corrected chi connectivity index (χ2v) is 13.1. The van der Waals surface area contributed by atoms with Gasteiger partial charge in [-0.3, -0.25) is 19.7 Å². The molecule has 0 amide bonds. The van der Waals surface area contributed by atoms with Crippen LogP contribution in [0, 0.1) is 20.9 Å². The van der Waals surface area contributed by atoms with Crippen molar-refractivity contribution in [1.29, 1.82) is 0 Å². The average molecular weight is 650 g/mol. The number of carboxylic acids is 2. The van der Waals surface area contributed by atoms with Gasteiger partial charge in [0.2, 0.25) is 0 Å². The summed E-state index contributed by atoms with van der Waals surface area (Å²) in [6.45, 7) is 7.47. The van der Waals surface area contributed by atoms with Crippen molar-refractivity contribution in [2.75, 3.05) is 19.6 Å². The number of hydrogen-bond acceptors (Lipinski definition) is 6. The summed E-state index contributed by atoms with van der Waals surface area (Å²) in [6, 6.07) is 25.9. The van der Waals surface area contributed by atoms with Crippen LogP contribution in [0.1, 0.15) is 69.1 Å². The second kappa shape index (κ2) is 13.9. The van der Waals surface area contributed by atoms with E-state index in [4.69, 9.17) is 0 Å². The number of nitro benzene ring substituents is 1. The first-order valence-corrected chi connectivity index (χ1v) is 15.8. The van der Waals surface area contributed by atoms with Crippen LogP contribution >= 0.6 is 12.4 Å². The Bertz CT molecular complexity index is 1490. The Hall–Kier alpha value is -3.79. The fourth-order valence-electron chi connectivity index (χ4n) is 8.29. The highest BCUT2D eigenvalue weighted by Gasteiger charge is 2.65. The highest BCUT2D eigenvalue weighted by atomic mass is 35.5. The van der Waals surface area contributed by atoms with E-state index in [2.05, 4.69) is 58.7 Å². The van der Waals surface area contributed by atoms with Crippen LogP contribution in [-0.4, -0.2) is 63.7 Å². The molecule has 2 aliphatic heterocycles. The van der Waals surface area contributed by atoms with Crippen LogP contribution in [0.4, 0.5) is 5.69 Å². The van der Waals surface area contributed by atoms with Crippen molar-refractivity contribution in [3.8, 4) is 0 Å². The van der Waals surface area contributed by atoms with E-state index in [9.17, 15) is 29.9 Å². The predicted octanol–water partition coefficient (Wildman–Crippen LogP) is 6.50. The molecular weight excluding hydrogens is 606 g/mol. The summed E-state index contributed by atoms with van der Waals surface area (Å²) in [5.41, 5.74) is -0.375. The lowest BCUT2D eigenvalue weighted by atomic mass is 9.51. The maximum absolute atomic E-state index is 13.4. The van der Waals surface area contributed by atoms with Gasteiger partial charge in [-0.2, -0.15) is 0 Å². The van der Waals surface area contributed by atoms with Crippen LogP contribution < -0.4 is 5.32 Å². The molecule has 3 aromatic rings. The molecule has 0 bridgehead atoms. The maximum atomic E-state index is 13.4. The highest BCUT2D eigenvalue weighted by molar-refractivity contribution is 5.85. The zero-order valence-electron chi connectivity index (χ0n) is 26.6. The zero-order chi connectivity index (χ0) is 32.4. The zero-order valence-corrected chi connectivity index (χ0v) is 27.4. The molecule has 46 heavy (non-hydrogen) atoms. The minimum atomic E-state index is -1.53. The van der Waals surface area contributed by atoms with Gasteiger partial charge in [-0.05, 0) is 82.8 Å². The van der Waals surface area contributed by atoms with Crippen LogP contribution in [0.3, 0.4) is 0 Å². The van der Waals surface area contributed by atoms with Gasteiger partial charge in [-0.15, -0.1) is 12.4 Å². The first kappa shape index (κ1) is 35.1. The lowest BCUT2D eigenvalue weighted by Gasteiger charge is -2.56. The Morgan fingerprint density at radius 2 is 1.46 bits per heavy atom. The Morgan fingerprint density at radius 3 is 1.96 bits per heavy atom. The Balaban J connectivity index is 0.00000480. The van der Waals surface area contributed by atoms with Crippen molar-refractivity contribution in [1.82, 2.24) is 10.2 Å². The summed E-state index contributed by atoms with van der Waals surface area (Å²) < 4.78 is 0. The fraction of sp³-hybridized carbons (Fsp3) is 0.444. The Labute approximate surface area is 276 Å². The van der Waals surface area contributed by atoms with Crippen LogP contribution in [-0.2, 0) is 15.0 Å². The van der Waals surface area contributed by atoms with Crippen molar-refractivity contribution in [3.63, 3.8) is 0 Å². The van der Waals surface area contributed by atoms with Crippen LogP contribution in [0.15, 0.2) is 84.9 Å². The molecule has 0 spiro atoms. The number of rotatable bonds is 10. The SMILES string of the molecule is CC1NC(C)C(CCCN2CCC(c3ccccc3)(c3ccccc3)CC2)(C(=O)O)C(c2cccc([N+](=O)[O-])c2)C1(C)C(=O)O.Cl. The molecule has 0 aliphatic carbocycles. The number of halogens is 1. The summed E-state index contributed by atoms with van der Waals surface area (Å²) >= 11 is 0. The number of non-ortho nitro benzene ring substituents is 1. The molecule has 2 aliphatic rings. The third-order valence-electron chi connectivity index (χ3n) is 11.0. The van der Waals surface area contributed by atoms with Crippen molar-refractivity contribution >= 4 is 30.0 Å². The number of likely N-dealkylation sites (tertiary alicyclic amines) is 1. The minimum absolute atomic E-state index is 0. The van der Waals surface area contributed by atoms with Gasteiger partial charge >= 0.3 is 11.9 Å². The molecular formula is C36H44ClN3O6. The molecule has 5 atom stereocenters. The van der Waals surface area contributed by atoms with E-state index in [0.717, 1.165) is 25.9 Å². The predicted molar refractivity (Wildman–Crippen MR) is 180 cm³/mol. The molecule has 2 heterocycles. The maximum Gasteiger partial charge on any atom is 0.311 e. The molecule has 0 radical (unpaired) electrons. The number of benzene rings is 3. The smallest absolute Gasteiger partial charge is 0.311 e. The first-order chi connectivity index (χ1) is 21.5. The second-order valence-electron chi connectivity index (χ2n) is 13.1. The van der Waals surface area contributed by atoms with Crippen molar-refractivity contribution in [3.05, 3.63) is 112 Å². The number of nitrogens with one attached hydrogen (secondary N) is 1. The van der Waals surface area contributed by atoms with E-state index in [-0.39, 0.29) is 29.9 Å². The standard InChI is InChI=1S/C36H43N3O6.ClH/c1-25-34(3,32(40)41)31(27-12-10-17-30(24-27)39(44)45)36(33(42)43,26(2)37-25)18-11-21-38-22-19-35(20-23-38,28-13-6-4-7-14-28)29-15-8-5-9-16-29;/h4-10,12-17,24-26,31,37H,11,18-23H2,1-3H3,(H,40,41)(H,42,43);1H. The quantitative estimate of drug-likeness (QED) is 0.167. The molecule has 3 N–H and O–H groups in total. The van der Waals surface area contributed by atoms with Gasteiger partial charge in [-0.25, -0.2) is 0 Å². The number of nitro groups is 1. The minimum Gasteiger partial charge on any atom is -0.481 e. The van der Waals surface area contributed by atoms with E-state index < -0.39 is 45.7 Å². The molecule has 0 saturated carbocycles. The van der Waals surface area contributed by atoms with Crippen LogP contribution in [0.5, 0.6) is 0 Å². The Morgan fingerprint density at radius 1 is 0.891 bits per heavy atom. The summed E-state index contributed by atoms with van der Waals surface area (Å²) in [7, 11) is 0. The summed E-state index contributed by atoms with van der Waals surface area (Å²) in [4.78, 5) is 39.9. The number of hydrogen-bond donors (Lipinski definition) is 3. The third-order valence-corrected chi connectivity index (χ3v) is 11.0. The van der Waals surface area contributed by atoms with Gasteiger partial charge in [0.15, 0.2) is 0 Å². The summed E-state index contributed by atoms with van der Waals surface area (Å²) in [6.07, 6.45) is 2.61. The van der Waals surface area contributed by atoms with E-state index in [0.29, 0.717) is 18.5 Å². The molecule has 2 fully saturated rings. The van der Waals surface area contributed by atoms with Crippen LogP contribution in [0.25, 0.3) is 0 Å². The fourth-order valence-corrected chi connectivity index (χ4v) is 8.29. The van der Waals surface area contributed by atoms with Crippen molar-refractivity contribution in [2.24, 2.45) is 10.8 Å². The number of aliphatic carboxylic acids is 2.